The minimum absolute atomic E-state index is 0.0549. The highest BCUT2D eigenvalue weighted by molar-refractivity contribution is 6.01. The fourth-order valence-electron chi connectivity index (χ4n) is 3.83. The van der Waals surface area contributed by atoms with Gasteiger partial charge in [-0.1, -0.05) is 30.3 Å². The van der Waals surface area contributed by atoms with Crippen molar-refractivity contribution < 1.29 is 14.0 Å². The topological polar surface area (TPSA) is 49.4 Å². The summed E-state index contributed by atoms with van der Waals surface area (Å²) in [6.45, 7) is 1.22. The summed E-state index contributed by atoms with van der Waals surface area (Å²) in [4.78, 5) is 27.1. The van der Waals surface area contributed by atoms with Crippen LogP contribution in [-0.2, 0) is 22.4 Å². The van der Waals surface area contributed by atoms with E-state index in [-0.39, 0.29) is 29.5 Å². The van der Waals surface area contributed by atoms with Crippen LogP contribution < -0.4 is 10.2 Å². The maximum Gasteiger partial charge on any atom is 0.230 e. The number of benzene rings is 2. The van der Waals surface area contributed by atoms with Gasteiger partial charge in [-0.3, -0.25) is 9.59 Å². The second-order valence-electron chi connectivity index (χ2n) is 7.34. The molecule has 0 aromatic heterocycles. The van der Waals surface area contributed by atoms with E-state index in [1.807, 2.05) is 23.1 Å². The number of nitrogens with one attached hydrogen (secondary N) is 1. The van der Waals surface area contributed by atoms with E-state index in [1.165, 1.54) is 17.7 Å². The summed E-state index contributed by atoms with van der Waals surface area (Å²) in [6, 6.07) is 14.3. The largest absolute Gasteiger partial charge is 0.356 e. The number of para-hydroxylation sites is 1. The minimum atomic E-state index is -0.263. The number of carbonyl (C=O) groups is 2. The van der Waals surface area contributed by atoms with Gasteiger partial charge in [0.25, 0.3) is 0 Å². The molecule has 0 radical (unpaired) electrons. The highest BCUT2D eigenvalue weighted by atomic mass is 19.1. The first-order chi connectivity index (χ1) is 13.1. The number of carbonyl (C=O) groups excluding carboxylic acids is 2. The van der Waals surface area contributed by atoms with E-state index in [9.17, 15) is 14.0 Å². The zero-order valence-electron chi connectivity index (χ0n) is 15.2. The molecule has 2 aromatic rings. The molecule has 2 aliphatic rings. The van der Waals surface area contributed by atoms with Crippen molar-refractivity contribution in [3.63, 3.8) is 0 Å². The number of amides is 2. The highest BCUT2D eigenvalue weighted by Crippen LogP contribution is 2.42. The lowest BCUT2D eigenvalue weighted by Crippen LogP contribution is -2.38. The second kappa shape index (κ2) is 7.51. The fraction of sp³-hybridized carbons (Fsp3) is 0.364. The van der Waals surface area contributed by atoms with Gasteiger partial charge in [0.05, 0.1) is 11.8 Å². The predicted molar refractivity (Wildman–Crippen MR) is 102 cm³/mol. The van der Waals surface area contributed by atoms with E-state index in [1.54, 1.807) is 12.1 Å². The molecule has 1 aliphatic carbocycles. The minimum Gasteiger partial charge on any atom is -0.356 e. The van der Waals surface area contributed by atoms with Gasteiger partial charge in [-0.05, 0) is 55.0 Å². The van der Waals surface area contributed by atoms with Gasteiger partial charge in [-0.2, -0.15) is 0 Å². The maximum atomic E-state index is 12.9. The first-order valence-electron chi connectivity index (χ1n) is 9.55. The summed E-state index contributed by atoms with van der Waals surface area (Å²) in [6.07, 6.45) is 3.23. The van der Waals surface area contributed by atoms with Gasteiger partial charge >= 0.3 is 0 Å². The third kappa shape index (κ3) is 3.87. The van der Waals surface area contributed by atoms with Crippen molar-refractivity contribution >= 4 is 17.5 Å². The molecular weight excluding hydrogens is 343 g/mol. The molecule has 0 saturated heterocycles. The molecule has 1 aliphatic heterocycles. The van der Waals surface area contributed by atoms with Crippen molar-refractivity contribution in [2.24, 2.45) is 11.8 Å². The summed E-state index contributed by atoms with van der Waals surface area (Å²) in [5.41, 5.74) is 3.18. The first kappa shape index (κ1) is 17.7. The fourth-order valence-corrected chi connectivity index (χ4v) is 3.83. The van der Waals surface area contributed by atoms with Crippen LogP contribution in [0.4, 0.5) is 10.1 Å². The Bertz CT molecular complexity index is 850. The van der Waals surface area contributed by atoms with Crippen molar-refractivity contribution in [3.8, 4) is 0 Å². The Morgan fingerprint density at radius 3 is 2.67 bits per heavy atom. The SMILES string of the molecule is O=C(NCCc1ccc(F)cc1)C1CC1C(=O)N1CCCc2ccccc21. The predicted octanol–water partition coefficient (Wildman–Crippen LogP) is 3.10. The molecular formula is C22H23FN2O2. The maximum absolute atomic E-state index is 12.9. The number of nitrogens with zero attached hydrogens (tertiary/aromatic N) is 1. The van der Waals surface area contributed by atoms with Crippen LogP contribution in [0, 0.1) is 17.7 Å². The quantitative estimate of drug-likeness (QED) is 0.884. The molecule has 5 heteroatoms. The lowest BCUT2D eigenvalue weighted by atomic mass is 10.0. The van der Waals surface area contributed by atoms with Crippen LogP contribution in [-0.4, -0.2) is 24.9 Å². The van der Waals surface area contributed by atoms with Crippen molar-refractivity contribution in [2.45, 2.75) is 25.7 Å². The Morgan fingerprint density at radius 1 is 1.07 bits per heavy atom. The zero-order chi connectivity index (χ0) is 18.8. The Kier molecular flexibility index (Phi) is 4.92. The van der Waals surface area contributed by atoms with Crippen LogP contribution in [0.1, 0.15) is 24.0 Å². The number of fused-ring (bicyclic) bond motifs is 1. The Labute approximate surface area is 158 Å². The molecule has 1 fully saturated rings. The summed E-state index contributed by atoms with van der Waals surface area (Å²) < 4.78 is 12.9. The molecule has 1 N–H and O–H groups in total. The summed E-state index contributed by atoms with van der Waals surface area (Å²) in [5, 5.41) is 2.91. The van der Waals surface area contributed by atoms with E-state index < -0.39 is 0 Å². The van der Waals surface area contributed by atoms with Crippen molar-refractivity contribution in [1.82, 2.24) is 5.32 Å². The van der Waals surface area contributed by atoms with Crippen LogP contribution in [0.15, 0.2) is 48.5 Å². The lowest BCUT2D eigenvalue weighted by molar-refractivity contribution is -0.126. The Hall–Kier alpha value is -2.69. The number of hydrogen-bond acceptors (Lipinski definition) is 2. The molecule has 0 bridgehead atoms. The van der Waals surface area contributed by atoms with E-state index in [0.29, 0.717) is 19.4 Å². The monoisotopic (exact) mass is 366 g/mol. The van der Waals surface area contributed by atoms with Crippen molar-refractivity contribution in [2.75, 3.05) is 18.0 Å². The number of rotatable bonds is 5. The third-order valence-electron chi connectivity index (χ3n) is 5.45. The van der Waals surface area contributed by atoms with Gasteiger partial charge in [0.2, 0.25) is 11.8 Å². The number of halogens is 1. The molecule has 1 saturated carbocycles. The molecule has 0 spiro atoms. The normalized spacial score (nSPS) is 20.7. The van der Waals surface area contributed by atoms with E-state index >= 15 is 0 Å². The second-order valence-corrected chi connectivity index (χ2v) is 7.34. The van der Waals surface area contributed by atoms with Crippen molar-refractivity contribution in [1.29, 1.82) is 0 Å². The number of anilines is 1. The van der Waals surface area contributed by atoms with Crippen LogP contribution in [0.5, 0.6) is 0 Å². The molecule has 27 heavy (non-hydrogen) atoms. The van der Waals surface area contributed by atoms with E-state index in [0.717, 1.165) is 30.6 Å². The molecule has 4 nitrogen and oxygen atoms in total. The van der Waals surface area contributed by atoms with E-state index in [2.05, 4.69) is 11.4 Å². The lowest BCUT2D eigenvalue weighted by Gasteiger charge is -2.29. The van der Waals surface area contributed by atoms with Gasteiger partial charge < -0.3 is 10.2 Å². The highest BCUT2D eigenvalue weighted by Gasteiger charge is 2.49. The van der Waals surface area contributed by atoms with Gasteiger partial charge in [-0.25, -0.2) is 4.39 Å². The zero-order valence-corrected chi connectivity index (χ0v) is 15.2. The molecule has 4 rings (SSSR count). The van der Waals surface area contributed by atoms with E-state index in [4.69, 9.17) is 0 Å². The molecule has 140 valence electrons. The van der Waals surface area contributed by atoms with Gasteiger partial charge in [0.15, 0.2) is 0 Å². The molecule has 2 unspecified atom stereocenters. The third-order valence-corrected chi connectivity index (χ3v) is 5.45. The molecule has 2 aromatic carbocycles. The van der Waals surface area contributed by atoms with Crippen LogP contribution in [0.2, 0.25) is 0 Å². The van der Waals surface area contributed by atoms with Crippen LogP contribution >= 0.6 is 0 Å². The molecule has 1 heterocycles. The average Bonchev–Trinajstić information content (AvgIpc) is 3.49. The first-order valence-corrected chi connectivity index (χ1v) is 9.55. The number of aryl methyl sites for hydroxylation is 1. The Morgan fingerprint density at radius 2 is 1.85 bits per heavy atom. The van der Waals surface area contributed by atoms with Crippen LogP contribution in [0.3, 0.4) is 0 Å². The molecule has 2 atom stereocenters. The van der Waals surface area contributed by atoms with Gasteiger partial charge in [0.1, 0.15) is 5.82 Å². The standard InChI is InChI=1S/C22H23FN2O2/c23-17-9-7-15(8-10-17)11-12-24-21(26)18-14-19(18)22(27)25-13-3-5-16-4-1-2-6-20(16)25/h1-2,4,6-10,18-19H,3,5,11-14H2,(H,24,26). The Balaban J connectivity index is 1.29. The molecule has 2 amide bonds. The van der Waals surface area contributed by atoms with Gasteiger partial charge in [0, 0.05) is 18.8 Å². The van der Waals surface area contributed by atoms with Gasteiger partial charge in [-0.15, -0.1) is 0 Å². The van der Waals surface area contributed by atoms with Crippen molar-refractivity contribution in [3.05, 3.63) is 65.5 Å². The number of hydrogen-bond donors (Lipinski definition) is 1. The summed E-state index contributed by atoms with van der Waals surface area (Å²) in [7, 11) is 0. The summed E-state index contributed by atoms with van der Waals surface area (Å²) in [5.74, 6) is -0.676. The average molecular weight is 366 g/mol. The smallest absolute Gasteiger partial charge is 0.230 e. The van der Waals surface area contributed by atoms with Crippen LogP contribution in [0.25, 0.3) is 0 Å². The summed E-state index contributed by atoms with van der Waals surface area (Å²) >= 11 is 0.